The van der Waals surface area contributed by atoms with E-state index < -0.39 is 0 Å². The number of nitrogens with zero attached hydrogens (tertiary/aromatic N) is 3. The summed E-state index contributed by atoms with van der Waals surface area (Å²) in [6, 6.07) is 0. The van der Waals surface area contributed by atoms with E-state index in [1.54, 1.807) is 0 Å². The fraction of sp³-hybridized carbons (Fsp3) is 0.733. The van der Waals surface area contributed by atoms with Crippen molar-refractivity contribution in [1.29, 1.82) is 0 Å². The molecule has 2 fully saturated rings. The Hall–Kier alpha value is -1.32. The molecule has 104 valence electrons. The number of aromatic nitrogens is 2. The topological polar surface area (TPSA) is 38.1 Å². The minimum absolute atomic E-state index is 0.370. The van der Waals surface area contributed by atoms with E-state index >= 15 is 0 Å². The van der Waals surface area contributed by atoms with E-state index in [1.807, 2.05) is 6.20 Å². The molecule has 1 amide bonds. The third-order valence-electron chi connectivity index (χ3n) is 4.55. The zero-order valence-electron chi connectivity index (χ0n) is 11.9. The van der Waals surface area contributed by atoms with E-state index in [1.165, 1.54) is 5.69 Å². The summed E-state index contributed by atoms with van der Waals surface area (Å²) in [7, 11) is 0. The zero-order valence-corrected chi connectivity index (χ0v) is 11.9. The molecule has 3 rings (SSSR count). The molecule has 4 nitrogen and oxygen atoms in total. The summed E-state index contributed by atoms with van der Waals surface area (Å²) in [5.41, 5.74) is 1.24. The van der Waals surface area contributed by atoms with Gasteiger partial charge in [0.2, 0.25) is 5.91 Å². The number of likely N-dealkylation sites (tertiary alicyclic amines) is 1. The van der Waals surface area contributed by atoms with Crippen molar-refractivity contribution >= 4 is 5.91 Å². The van der Waals surface area contributed by atoms with Crippen molar-refractivity contribution in [2.24, 2.45) is 11.8 Å². The van der Waals surface area contributed by atoms with Crippen molar-refractivity contribution in [2.75, 3.05) is 13.1 Å². The van der Waals surface area contributed by atoms with Crippen LogP contribution in [-0.2, 0) is 11.3 Å². The zero-order chi connectivity index (χ0) is 13.4. The van der Waals surface area contributed by atoms with Gasteiger partial charge in [-0.05, 0) is 45.4 Å². The summed E-state index contributed by atoms with van der Waals surface area (Å²) in [6.07, 6.45) is 6.45. The molecule has 1 aromatic heterocycles. The van der Waals surface area contributed by atoms with Crippen LogP contribution in [0.25, 0.3) is 0 Å². The number of hydrogen-bond acceptors (Lipinski definition) is 2. The highest BCUT2D eigenvalue weighted by atomic mass is 16.2. The van der Waals surface area contributed by atoms with Crippen molar-refractivity contribution in [3.05, 3.63) is 17.7 Å². The van der Waals surface area contributed by atoms with E-state index in [4.69, 9.17) is 0 Å². The van der Waals surface area contributed by atoms with Crippen LogP contribution in [0.4, 0.5) is 0 Å². The van der Waals surface area contributed by atoms with Crippen LogP contribution in [0, 0.1) is 25.7 Å². The van der Waals surface area contributed by atoms with E-state index in [9.17, 15) is 4.79 Å². The first-order chi connectivity index (χ1) is 9.15. The number of piperidine rings is 1. The molecular formula is C15H23N3O. The Morgan fingerprint density at radius 3 is 2.47 bits per heavy atom. The van der Waals surface area contributed by atoms with Crippen LogP contribution in [-0.4, -0.2) is 33.4 Å². The minimum Gasteiger partial charge on any atom is -0.342 e. The number of amides is 1. The first-order valence-electron chi connectivity index (χ1n) is 7.42. The van der Waals surface area contributed by atoms with E-state index in [2.05, 4.69) is 28.3 Å². The number of rotatable bonds is 3. The van der Waals surface area contributed by atoms with Crippen molar-refractivity contribution in [3.8, 4) is 0 Å². The lowest BCUT2D eigenvalue weighted by atomic mass is 9.96. The van der Waals surface area contributed by atoms with Gasteiger partial charge in [-0.2, -0.15) is 0 Å². The van der Waals surface area contributed by atoms with Crippen LogP contribution >= 0.6 is 0 Å². The van der Waals surface area contributed by atoms with Gasteiger partial charge in [0.25, 0.3) is 0 Å². The van der Waals surface area contributed by atoms with Gasteiger partial charge in [-0.15, -0.1) is 0 Å². The SMILES string of the molecule is Cc1cnc(C)n1CC1CCN(C(=O)C2CC2)CC1. The highest BCUT2D eigenvalue weighted by Crippen LogP contribution is 2.32. The van der Waals surface area contributed by atoms with Crippen LogP contribution in [0.5, 0.6) is 0 Å². The summed E-state index contributed by atoms with van der Waals surface area (Å²) in [5, 5.41) is 0. The number of aryl methyl sites for hydroxylation is 2. The Morgan fingerprint density at radius 1 is 1.26 bits per heavy atom. The monoisotopic (exact) mass is 261 g/mol. The Labute approximate surface area is 114 Å². The number of carbonyl (C=O) groups is 1. The molecule has 0 N–H and O–H groups in total. The highest BCUT2D eigenvalue weighted by molar-refractivity contribution is 5.81. The second-order valence-electron chi connectivity index (χ2n) is 6.10. The van der Waals surface area contributed by atoms with E-state index in [-0.39, 0.29) is 0 Å². The predicted molar refractivity (Wildman–Crippen MR) is 73.7 cm³/mol. The molecule has 19 heavy (non-hydrogen) atoms. The second kappa shape index (κ2) is 4.99. The van der Waals surface area contributed by atoms with Crippen molar-refractivity contribution < 1.29 is 4.79 Å². The normalized spacial score (nSPS) is 20.8. The first-order valence-corrected chi connectivity index (χ1v) is 7.42. The minimum atomic E-state index is 0.370. The van der Waals surface area contributed by atoms with Gasteiger partial charge >= 0.3 is 0 Å². The van der Waals surface area contributed by atoms with Crippen molar-refractivity contribution in [2.45, 2.75) is 46.1 Å². The maximum atomic E-state index is 12.0. The van der Waals surface area contributed by atoms with Crippen LogP contribution in [0.1, 0.15) is 37.2 Å². The first kappa shape index (κ1) is 12.7. The largest absolute Gasteiger partial charge is 0.342 e. The Kier molecular flexibility index (Phi) is 3.33. The molecule has 0 bridgehead atoms. The summed E-state index contributed by atoms with van der Waals surface area (Å²) >= 11 is 0. The summed E-state index contributed by atoms with van der Waals surface area (Å²) < 4.78 is 2.31. The molecule has 0 spiro atoms. The molecule has 4 heteroatoms. The molecule has 1 aromatic rings. The van der Waals surface area contributed by atoms with Gasteiger partial charge in [0.1, 0.15) is 5.82 Å². The lowest BCUT2D eigenvalue weighted by molar-refractivity contribution is -0.134. The summed E-state index contributed by atoms with van der Waals surface area (Å²) in [4.78, 5) is 18.4. The lowest BCUT2D eigenvalue weighted by Crippen LogP contribution is -2.40. The van der Waals surface area contributed by atoms with Crippen LogP contribution in [0.3, 0.4) is 0 Å². The molecule has 0 atom stereocenters. The van der Waals surface area contributed by atoms with Crippen molar-refractivity contribution in [3.63, 3.8) is 0 Å². The second-order valence-corrected chi connectivity index (χ2v) is 6.10. The van der Waals surface area contributed by atoms with Crippen LogP contribution in [0.15, 0.2) is 6.20 Å². The van der Waals surface area contributed by atoms with Gasteiger partial charge in [0.15, 0.2) is 0 Å². The smallest absolute Gasteiger partial charge is 0.225 e. The predicted octanol–water partition coefficient (Wildman–Crippen LogP) is 2.15. The molecule has 2 heterocycles. The van der Waals surface area contributed by atoms with Gasteiger partial charge in [-0.3, -0.25) is 4.79 Å². The standard InChI is InChI=1S/C15H23N3O/c1-11-9-16-12(2)18(11)10-13-5-7-17(8-6-13)15(19)14-3-4-14/h9,13-14H,3-8,10H2,1-2H3. The average molecular weight is 261 g/mol. The fourth-order valence-electron chi connectivity index (χ4n) is 3.04. The van der Waals surface area contributed by atoms with Gasteiger partial charge < -0.3 is 9.47 Å². The van der Waals surface area contributed by atoms with Gasteiger partial charge in [-0.25, -0.2) is 4.98 Å². The maximum absolute atomic E-state index is 12.0. The average Bonchev–Trinajstić information content (AvgIpc) is 3.22. The molecule has 1 aliphatic heterocycles. The molecule has 1 aliphatic carbocycles. The quantitative estimate of drug-likeness (QED) is 0.836. The number of hydrogen-bond donors (Lipinski definition) is 0. The molecule has 2 aliphatic rings. The van der Waals surface area contributed by atoms with Gasteiger partial charge in [0, 0.05) is 37.4 Å². The van der Waals surface area contributed by atoms with E-state index in [0.717, 1.165) is 51.1 Å². The highest BCUT2D eigenvalue weighted by Gasteiger charge is 2.34. The third-order valence-corrected chi connectivity index (χ3v) is 4.55. The number of imidazole rings is 1. The summed E-state index contributed by atoms with van der Waals surface area (Å²) in [6.45, 7) is 7.15. The fourth-order valence-corrected chi connectivity index (χ4v) is 3.04. The molecule has 1 saturated carbocycles. The molecular weight excluding hydrogens is 238 g/mol. The molecule has 0 unspecified atom stereocenters. The Balaban J connectivity index is 1.54. The van der Waals surface area contributed by atoms with Crippen LogP contribution in [0.2, 0.25) is 0 Å². The molecule has 0 radical (unpaired) electrons. The van der Waals surface area contributed by atoms with Gasteiger partial charge in [0.05, 0.1) is 0 Å². The summed E-state index contributed by atoms with van der Waals surface area (Å²) in [5.74, 6) is 2.58. The van der Waals surface area contributed by atoms with Crippen LogP contribution < -0.4 is 0 Å². The maximum Gasteiger partial charge on any atom is 0.225 e. The molecule has 0 aromatic carbocycles. The lowest BCUT2D eigenvalue weighted by Gasteiger charge is -2.32. The third kappa shape index (κ3) is 2.67. The Bertz CT molecular complexity index is 448. The van der Waals surface area contributed by atoms with E-state index in [0.29, 0.717) is 17.7 Å². The van der Waals surface area contributed by atoms with Gasteiger partial charge in [-0.1, -0.05) is 0 Å². The number of carbonyl (C=O) groups excluding carboxylic acids is 1. The van der Waals surface area contributed by atoms with Crippen molar-refractivity contribution in [1.82, 2.24) is 14.5 Å². The molecule has 1 saturated heterocycles. The Morgan fingerprint density at radius 2 is 1.95 bits per heavy atom.